The lowest BCUT2D eigenvalue weighted by Crippen LogP contribution is -2.32. The number of rotatable bonds is 4. The first kappa shape index (κ1) is 13.2. The molecule has 1 atom stereocenters. The Kier molecular flexibility index (Phi) is 3.87. The molecule has 5 nitrogen and oxygen atoms in total. The van der Waals surface area contributed by atoms with Crippen LogP contribution >= 0.6 is 0 Å². The van der Waals surface area contributed by atoms with Gasteiger partial charge in [0.1, 0.15) is 6.04 Å². The van der Waals surface area contributed by atoms with Gasteiger partial charge in [0.2, 0.25) is 0 Å². The van der Waals surface area contributed by atoms with Gasteiger partial charge in [-0.2, -0.15) is 0 Å². The number of carbonyl (C=O) groups is 1. The van der Waals surface area contributed by atoms with Crippen molar-refractivity contribution in [3.8, 4) is 11.4 Å². The summed E-state index contributed by atoms with van der Waals surface area (Å²) in [6.45, 7) is 1.98. The minimum absolute atomic E-state index is 0.274. The summed E-state index contributed by atoms with van der Waals surface area (Å²) in [7, 11) is 0. The molecule has 19 heavy (non-hydrogen) atoms. The maximum atomic E-state index is 10.8. The minimum atomic E-state index is -1.01. The number of aliphatic carboxylic acids is 1. The van der Waals surface area contributed by atoms with Gasteiger partial charge >= 0.3 is 5.97 Å². The largest absolute Gasteiger partial charge is 0.480 e. The highest BCUT2D eigenvalue weighted by molar-refractivity contribution is 5.73. The lowest BCUT2D eigenvalue weighted by atomic mass is 10.1. The van der Waals surface area contributed by atoms with Crippen molar-refractivity contribution in [1.82, 2.24) is 9.97 Å². The van der Waals surface area contributed by atoms with E-state index in [0.29, 0.717) is 0 Å². The van der Waals surface area contributed by atoms with E-state index in [-0.39, 0.29) is 6.42 Å². The van der Waals surface area contributed by atoms with Crippen LogP contribution in [0.3, 0.4) is 0 Å². The molecule has 0 aliphatic carbocycles. The molecule has 0 fully saturated rings. The fraction of sp³-hybridized carbons (Fsp3) is 0.214. The fourth-order valence-corrected chi connectivity index (χ4v) is 1.76. The highest BCUT2D eigenvalue weighted by Crippen LogP contribution is 2.17. The first-order chi connectivity index (χ1) is 9.06. The zero-order valence-corrected chi connectivity index (χ0v) is 10.6. The molecular formula is C14H15N3O2. The molecule has 0 saturated carbocycles. The minimum Gasteiger partial charge on any atom is -0.480 e. The van der Waals surface area contributed by atoms with Crippen molar-refractivity contribution in [2.45, 2.75) is 19.4 Å². The second-order valence-electron chi connectivity index (χ2n) is 4.42. The van der Waals surface area contributed by atoms with Crippen molar-refractivity contribution in [2.24, 2.45) is 5.73 Å². The van der Waals surface area contributed by atoms with Gasteiger partial charge in [-0.25, -0.2) is 0 Å². The van der Waals surface area contributed by atoms with Crippen LogP contribution in [-0.4, -0.2) is 27.1 Å². The van der Waals surface area contributed by atoms with Crippen LogP contribution in [0, 0.1) is 6.92 Å². The number of nitrogens with zero attached hydrogens (tertiary/aromatic N) is 2. The molecular weight excluding hydrogens is 242 g/mol. The Morgan fingerprint density at radius 2 is 1.89 bits per heavy atom. The average molecular weight is 257 g/mol. The Hall–Kier alpha value is -2.27. The van der Waals surface area contributed by atoms with Gasteiger partial charge in [0.25, 0.3) is 0 Å². The Morgan fingerprint density at radius 3 is 2.53 bits per heavy atom. The maximum Gasteiger partial charge on any atom is 0.320 e. The molecule has 2 rings (SSSR count). The number of aromatic nitrogens is 2. The molecule has 2 aromatic heterocycles. The van der Waals surface area contributed by atoms with Crippen LogP contribution in [-0.2, 0) is 11.2 Å². The summed E-state index contributed by atoms with van der Waals surface area (Å²) in [6, 6.07) is 6.53. The second kappa shape index (κ2) is 5.58. The predicted octanol–water partition coefficient (Wildman–Crippen LogP) is 1.41. The van der Waals surface area contributed by atoms with E-state index < -0.39 is 12.0 Å². The van der Waals surface area contributed by atoms with Gasteiger partial charge in [0.05, 0.1) is 11.4 Å². The average Bonchev–Trinajstić information content (AvgIpc) is 2.39. The van der Waals surface area contributed by atoms with Gasteiger partial charge in [0.15, 0.2) is 0 Å². The van der Waals surface area contributed by atoms with Crippen molar-refractivity contribution in [1.29, 1.82) is 0 Å². The predicted molar refractivity (Wildman–Crippen MR) is 71.5 cm³/mol. The molecule has 0 bridgehead atoms. The Balaban J connectivity index is 2.27. The molecule has 3 N–H and O–H groups in total. The zero-order chi connectivity index (χ0) is 13.8. The molecule has 0 aromatic carbocycles. The molecule has 2 heterocycles. The smallest absolute Gasteiger partial charge is 0.320 e. The lowest BCUT2D eigenvalue weighted by molar-refractivity contribution is -0.138. The second-order valence-corrected chi connectivity index (χ2v) is 4.42. The normalized spacial score (nSPS) is 12.1. The highest BCUT2D eigenvalue weighted by Gasteiger charge is 2.12. The summed E-state index contributed by atoms with van der Waals surface area (Å²) in [5, 5.41) is 8.81. The molecule has 0 radical (unpaired) electrons. The molecule has 0 spiro atoms. The number of hydrogen-bond donors (Lipinski definition) is 2. The summed E-state index contributed by atoms with van der Waals surface area (Å²) in [6.07, 6.45) is 3.64. The van der Waals surface area contributed by atoms with Crippen molar-refractivity contribution < 1.29 is 9.90 Å². The fourth-order valence-electron chi connectivity index (χ4n) is 1.76. The van der Waals surface area contributed by atoms with Crippen LogP contribution in [0.1, 0.15) is 11.1 Å². The monoisotopic (exact) mass is 257 g/mol. The molecule has 0 aliphatic heterocycles. The first-order valence-corrected chi connectivity index (χ1v) is 5.92. The molecule has 98 valence electrons. The van der Waals surface area contributed by atoms with E-state index >= 15 is 0 Å². The maximum absolute atomic E-state index is 10.8. The van der Waals surface area contributed by atoms with Gasteiger partial charge in [0, 0.05) is 12.4 Å². The number of hydrogen-bond acceptors (Lipinski definition) is 4. The lowest BCUT2D eigenvalue weighted by Gasteiger charge is -2.08. The summed E-state index contributed by atoms with van der Waals surface area (Å²) in [4.78, 5) is 19.3. The number of aryl methyl sites for hydroxylation is 1. The molecule has 5 heteroatoms. The van der Waals surface area contributed by atoms with E-state index in [0.717, 1.165) is 22.5 Å². The van der Waals surface area contributed by atoms with Crippen molar-refractivity contribution in [3.63, 3.8) is 0 Å². The third-order valence-electron chi connectivity index (χ3n) is 2.78. The summed E-state index contributed by atoms with van der Waals surface area (Å²) < 4.78 is 0. The SMILES string of the molecule is Cc1ccnc(-c2cc(C[C@H](N)C(=O)O)ccn2)c1. The third-order valence-corrected chi connectivity index (χ3v) is 2.78. The highest BCUT2D eigenvalue weighted by atomic mass is 16.4. The van der Waals surface area contributed by atoms with Crippen LogP contribution in [0.5, 0.6) is 0 Å². The van der Waals surface area contributed by atoms with Gasteiger partial charge in [-0.15, -0.1) is 0 Å². The van der Waals surface area contributed by atoms with Crippen LogP contribution in [0.15, 0.2) is 36.7 Å². The van der Waals surface area contributed by atoms with Gasteiger partial charge in [-0.1, -0.05) is 0 Å². The molecule has 0 aliphatic rings. The standard InChI is InChI=1S/C14H15N3O2/c1-9-2-4-16-12(6-9)13-8-10(3-5-17-13)7-11(15)14(18)19/h2-6,8,11H,7,15H2,1H3,(H,18,19)/t11-/m0/s1. The topological polar surface area (TPSA) is 89.1 Å². The van der Waals surface area contributed by atoms with Crippen molar-refractivity contribution in [2.75, 3.05) is 0 Å². The van der Waals surface area contributed by atoms with Crippen LogP contribution < -0.4 is 5.73 Å². The van der Waals surface area contributed by atoms with Crippen molar-refractivity contribution >= 4 is 5.97 Å². The van der Waals surface area contributed by atoms with E-state index in [9.17, 15) is 4.79 Å². The number of carboxylic acids is 1. The van der Waals surface area contributed by atoms with Crippen LogP contribution in [0.2, 0.25) is 0 Å². The number of carboxylic acid groups (broad SMARTS) is 1. The zero-order valence-electron chi connectivity index (χ0n) is 10.6. The molecule has 2 aromatic rings. The molecule has 0 saturated heterocycles. The summed E-state index contributed by atoms with van der Waals surface area (Å²) >= 11 is 0. The van der Waals surface area contributed by atoms with Crippen molar-refractivity contribution in [3.05, 3.63) is 47.8 Å². The van der Waals surface area contributed by atoms with Gasteiger partial charge in [-0.05, 0) is 48.7 Å². The van der Waals surface area contributed by atoms with E-state index in [1.54, 1.807) is 18.5 Å². The molecule has 0 unspecified atom stereocenters. The first-order valence-electron chi connectivity index (χ1n) is 5.92. The Labute approximate surface area is 111 Å². The summed E-state index contributed by atoms with van der Waals surface area (Å²) in [5.41, 5.74) is 8.95. The Bertz CT molecular complexity index is 599. The van der Waals surface area contributed by atoms with E-state index in [1.165, 1.54) is 0 Å². The van der Waals surface area contributed by atoms with Gasteiger partial charge < -0.3 is 10.8 Å². The third kappa shape index (κ3) is 3.35. The summed E-state index contributed by atoms with van der Waals surface area (Å²) in [5.74, 6) is -1.01. The van der Waals surface area contributed by atoms with Gasteiger partial charge in [-0.3, -0.25) is 14.8 Å². The van der Waals surface area contributed by atoms with E-state index in [1.807, 2.05) is 25.1 Å². The molecule has 0 amide bonds. The Morgan fingerprint density at radius 1 is 1.26 bits per heavy atom. The number of pyridine rings is 2. The number of nitrogens with two attached hydrogens (primary N) is 1. The van der Waals surface area contributed by atoms with E-state index in [2.05, 4.69) is 9.97 Å². The van der Waals surface area contributed by atoms with E-state index in [4.69, 9.17) is 10.8 Å². The quantitative estimate of drug-likeness (QED) is 0.864. The van der Waals surface area contributed by atoms with Crippen LogP contribution in [0.4, 0.5) is 0 Å². The van der Waals surface area contributed by atoms with Crippen LogP contribution in [0.25, 0.3) is 11.4 Å².